The van der Waals surface area contributed by atoms with Crippen LogP contribution in [0.4, 0.5) is 10.6 Å². The van der Waals surface area contributed by atoms with E-state index in [0.29, 0.717) is 17.1 Å². The minimum Gasteiger partial charge on any atom is -0.464 e. The Labute approximate surface area is 221 Å². The van der Waals surface area contributed by atoms with Crippen molar-refractivity contribution in [1.82, 2.24) is 18.8 Å². The average Bonchev–Trinajstić information content (AvgIpc) is 3.53. The molecule has 0 unspecified atom stereocenters. The monoisotopic (exact) mass is 543 g/mol. The Morgan fingerprint density at radius 2 is 1.97 bits per heavy atom. The molecule has 11 nitrogen and oxygen atoms in total. The van der Waals surface area contributed by atoms with Crippen molar-refractivity contribution in [2.75, 3.05) is 11.9 Å². The fourth-order valence-electron chi connectivity index (χ4n) is 5.68. The lowest BCUT2D eigenvalue weighted by Crippen LogP contribution is -2.49. The molecule has 0 bridgehead atoms. The largest absolute Gasteiger partial charge is 0.464 e. The highest BCUT2D eigenvalue weighted by Gasteiger charge is 2.41. The van der Waals surface area contributed by atoms with E-state index in [0.717, 1.165) is 29.7 Å². The van der Waals surface area contributed by atoms with E-state index in [-0.39, 0.29) is 18.7 Å². The van der Waals surface area contributed by atoms with Crippen molar-refractivity contribution in [2.24, 2.45) is 5.92 Å². The Bertz CT molecular complexity index is 1450. The number of nitrogens with one attached hydrogen (secondary N) is 1. The molecular formula is C26H33N5O6S. The van der Waals surface area contributed by atoms with Crippen LogP contribution >= 0.6 is 0 Å². The van der Waals surface area contributed by atoms with E-state index < -0.39 is 34.0 Å². The van der Waals surface area contributed by atoms with Crippen molar-refractivity contribution in [3.05, 3.63) is 54.0 Å². The fourth-order valence-corrected chi connectivity index (χ4v) is 6.99. The number of aliphatic hydroxyl groups is 1. The molecule has 2 heterocycles. The van der Waals surface area contributed by atoms with Gasteiger partial charge in [-0.25, -0.2) is 14.8 Å². The zero-order valence-electron chi connectivity index (χ0n) is 21.6. The minimum atomic E-state index is -4.55. The van der Waals surface area contributed by atoms with Gasteiger partial charge in [0, 0.05) is 18.2 Å². The van der Waals surface area contributed by atoms with Gasteiger partial charge in [-0.05, 0) is 63.6 Å². The molecule has 5 rings (SSSR count). The zero-order valence-corrected chi connectivity index (χ0v) is 22.4. The van der Waals surface area contributed by atoms with Crippen LogP contribution in [-0.4, -0.2) is 61.8 Å². The molecule has 2 aliphatic carbocycles. The first kappa shape index (κ1) is 26.4. The van der Waals surface area contributed by atoms with Gasteiger partial charge in [-0.1, -0.05) is 24.3 Å². The molecule has 0 saturated heterocycles. The Morgan fingerprint density at radius 3 is 2.71 bits per heavy atom. The number of aliphatic hydroxyl groups excluding tert-OH is 1. The number of benzene rings is 1. The van der Waals surface area contributed by atoms with Crippen LogP contribution in [0.2, 0.25) is 0 Å². The standard InChI is InChI=1S/C26H33N5O6S/c1-26(2,3)31(25(33)34)38(35,36)37-14-17-12-18(13-22(17)32)30-11-10-20-23(27-15-28-24(20)30)29-21-9-8-16-6-4-5-7-19(16)21/h4-7,10-11,15,17-18,21-22,32H,8-9,12-14H2,1-3H3,(H,33,34)(H,27,28,29)/t17-,18+,21+,22-/m0/s1. The Hall–Kier alpha value is -3.22. The van der Waals surface area contributed by atoms with Gasteiger partial charge < -0.3 is 20.1 Å². The van der Waals surface area contributed by atoms with Gasteiger partial charge in [0.15, 0.2) is 0 Å². The quantitative estimate of drug-likeness (QED) is 0.404. The summed E-state index contributed by atoms with van der Waals surface area (Å²) in [5.74, 6) is 0.258. The number of carbonyl (C=O) groups is 1. The third-order valence-electron chi connectivity index (χ3n) is 7.42. The molecule has 0 spiro atoms. The number of aromatic nitrogens is 3. The maximum absolute atomic E-state index is 12.6. The number of aryl methyl sites for hydroxylation is 1. The van der Waals surface area contributed by atoms with Crippen molar-refractivity contribution >= 4 is 33.2 Å². The van der Waals surface area contributed by atoms with Gasteiger partial charge in [-0.15, -0.1) is 0 Å². The smallest absolute Gasteiger partial charge is 0.423 e. The molecular weight excluding hydrogens is 510 g/mol. The Morgan fingerprint density at radius 1 is 1.21 bits per heavy atom. The van der Waals surface area contributed by atoms with Crippen LogP contribution in [0.1, 0.15) is 63.2 Å². The van der Waals surface area contributed by atoms with Crippen LogP contribution in [0.15, 0.2) is 42.9 Å². The van der Waals surface area contributed by atoms with Crippen molar-refractivity contribution < 1.29 is 27.6 Å². The van der Waals surface area contributed by atoms with E-state index >= 15 is 0 Å². The number of hydrogen-bond donors (Lipinski definition) is 3. The van der Waals surface area contributed by atoms with Gasteiger partial charge in [0.05, 0.1) is 29.7 Å². The Kier molecular flexibility index (Phi) is 6.82. The maximum Gasteiger partial charge on any atom is 0.423 e. The molecule has 0 radical (unpaired) electrons. The number of rotatable bonds is 7. The van der Waals surface area contributed by atoms with E-state index in [4.69, 9.17) is 4.18 Å². The zero-order chi connectivity index (χ0) is 27.2. The van der Waals surface area contributed by atoms with Gasteiger partial charge in [-0.2, -0.15) is 12.7 Å². The lowest BCUT2D eigenvalue weighted by atomic mass is 10.1. The minimum absolute atomic E-state index is 0.132. The molecule has 1 amide bonds. The van der Waals surface area contributed by atoms with E-state index in [9.17, 15) is 23.4 Å². The highest BCUT2D eigenvalue weighted by molar-refractivity contribution is 7.84. The highest BCUT2D eigenvalue weighted by atomic mass is 32.2. The molecule has 1 fully saturated rings. The topological polar surface area (TPSA) is 147 Å². The van der Waals surface area contributed by atoms with Crippen molar-refractivity contribution in [2.45, 2.75) is 70.2 Å². The molecule has 12 heteroatoms. The van der Waals surface area contributed by atoms with Crippen molar-refractivity contribution in [3.63, 3.8) is 0 Å². The number of carboxylic acid groups (broad SMARTS) is 1. The molecule has 2 aliphatic rings. The molecule has 4 atom stereocenters. The normalized spacial score (nSPS) is 23.5. The number of hydrogen-bond acceptors (Lipinski definition) is 8. The number of nitrogens with zero attached hydrogens (tertiary/aromatic N) is 4. The van der Waals surface area contributed by atoms with Crippen LogP contribution in [0.25, 0.3) is 11.0 Å². The van der Waals surface area contributed by atoms with Crippen LogP contribution in [-0.2, 0) is 20.9 Å². The van der Waals surface area contributed by atoms with Crippen molar-refractivity contribution in [1.29, 1.82) is 0 Å². The number of anilines is 1. The molecule has 3 aromatic rings. The van der Waals surface area contributed by atoms with Crippen LogP contribution < -0.4 is 5.32 Å². The van der Waals surface area contributed by atoms with E-state index in [1.807, 2.05) is 22.9 Å². The van der Waals surface area contributed by atoms with Gasteiger partial charge in [0.2, 0.25) is 0 Å². The predicted molar refractivity (Wildman–Crippen MR) is 141 cm³/mol. The van der Waals surface area contributed by atoms with Crippen LogP contribution in [0.3, 0.4) is 0 Å². The summed E-state index contributed by atoms with van der Waals surface area (Å²) >= 11 is 0. The summed E-state index contributed by atoms with van der Waals surface area (Å²) in [6.45, 7) is 4.09. The van der Waals surface area contributed by atoms with Gasteiger partial charge in [-0.3, -0.25) is 4.18 Å². The average molecular weight is 544 g/mol. The first-order valence-electron chi connectivity index (χ1n) is 12.7. The number of fused-ring (bicyclic) bond motifs is 2. The summed E-state index contributed by atoms with van der Waals surface area (Å²) in [4.78, 5) is 20.6. The van der Waals surface area contributed by atoms with E-state index in [1.165, 1.54) is 38.2 Å². The van der Waals surface area contributed by atoms with Gasteiger partial charge >= 0.3 is 16.4 Å². The number of amides is 1. The summed E-state index contributed by atoms with van der Waals surface area (Å²) in [6, 6.07) is 10.4. The lowest BCUT2D eigenvalue weighted by Gasteiger charge is -2.31. The molecule has 0 aliphatic heterocycles. The summed E-state index contributed by atoms with van der Waals surface area (Å²) in [5.41, 5.74) is 2.14. The molecule has 1 saturated carbocycles. The Balaban J connectivity index is 1.30. The second-order valence-corrected chi connectivity index (χ2v) is 12.5. The summed E-state index contributed by atoms with van der Waals surface area (Å²) in [6.07, 6.45) is 3.85. The molecule has 3 N–H and O–H groups in total. The third kappa shape index (κ3) is 4.95. The maximum atomic E-state index is 12.6. The third-order valence-corrected chi connectivity index (χ3v) is 9.00. The molecule has 1 aromatic carbocycles. The van der Waals surface area contributed by atoms with Crippen LogP contribution in [0.5, 0.6) is 0 Å². The second kappa shape index (κ2) is 9.83. The second-order valence-electron chi connectivity index (χ2n) is 11.0. The van der Waals surface area contributed by atoms with Crippen molar-refractivity contribution in [3.8, 4) is 0 Å². The van der Waals surface area contributed by atoms with Crippen LogP contribution in [0, 0.1) is 5.92 Å². The molecule has 2 aromatic heterocycles. The summed E-state index contributed by atoms with van der Waals surface area (Å²) in [5, 5.41) is 24.6. The predicted octanol–water partition coefficient (Wildman–Crippen LogP) is 3.88. The fraction of sp³-hybridized carbons (Fsp3) is 0.500. The van der Waals surface area contributed by atoms with Gasteiger partial charge in [0.1, 0.15) is 17.8 Å². The molecule has 38 heavy (non-hydrogen) atoms. The first-order valence-corrected chi connectivity index (χ1v) is 14.1. The lowest BCUT2D eigenvalue weighted by molar-refractivity contribution is 0.0917. The van der Waals surface area contributed by atoms with Gasteiger partial charge in [0.25, 0.3) is 0 Å². The first-order chi connectivity index (χ1) is 18.0. The SMILES string of the molecule is CC(C)(C)N(C(=O)O)S(=O)(=O)OC[C@@H]1C[C@@H](n2ccc3c(N[C@@H]4CCc5ccccc54)ncnc32)C[C@@H]1O. The molecule has 204 valence electrons. The highest BCUT2D eigenvalue weighted by Crippen LogP contribution is 2.39. The summed E-state index contributed by atoms with van der Waals surface area (Å²) < 4.78 is 32.7. The van der Waals surface area contributed by atoms with E-state index in [1.54, 1.807) is 0 Å². The summed E-state index contributed by atoms with van der Waals surface area (Å²) in [7, 11) is -4.55. The van der Waals surface area contributed by atoms with E-state index in [2.05, 4.69) is 33.5 Å².